The first-order valence-electron chi connectivity index (χ1n) is 6.26. The van der Waals surface area contributed by atoms with E-state index in [1.165, 1.54) is 30.8 Å². The molecule has 0 bridgehead atoms. The second-order valence-electron chi connectivity index (χ2n) is 4.89. The average Bonchev–Trinajstić information content (AvgIpc) is 2.73. The van der Waals surface area contributed by atoms with Gasteiger partial charge in [0.25, 0.3) is 0 Å². The lowest BCUT2D eigenvalue weighted by atomic mass is 9.85. The number of ether oxygens (including phenoxy) is 2. The van der Waals surface area contributed by atoms with E-state index in [9.17, 15) is 0 Å². The van der Waals surface area contributed by atoms with Crippen LogP contribution in [0.25, 0.3) is 0 Å². The summed E-state index contributed by atoms with van der Waals surface area (Å²) in [6, 6.07) is 0. The predicted octanol–water partition coefficient (Wildman–Crippen LogP) is 1.52. The first kappa shape index (κ1) is 12.7. The highest BCUT2D eigenvalue weighted by molar-refractivity contribution is 7.99. The smallest absolute Gasteiger partial charge is 0.0783 e. The summed E-state index contributed by atoms with van der Waals surface area (Å²) in [5.41, 5.74) is 0.233. The Morgan fingerprint density at radius 3 is 3.25 bits per heavy atom. The van der Waals surface area contributed by atoms with Crippen molar-refractivity contribution in [3.8, 4) is 0 Å². The maximum atomic E-state index is 6.01. The highest BCUT2D eigenvalue weighted by Gasteiger charge is 2.40. The molecule has 2 rings (SSSR count). The molecule has 1 spiro atoms. The summed E-state index contributed by atoms with van der Waals surface area (Å²) in [5, 5.41) is 3.48. The highest BCUT2D eigenvalue weighted by Crippen LogP contribution is 2.40. The molecule has 2 atom stereocenters. The fourth-order valence-electron chi connectivity index (χ4n) is 2.65. The third-order valence-corrected chi connectivity index (χ3v) is 4.80. The van der Waals surface area contributed by atoms with Gasteiger partial charge >= 0.3 is 0 Å². The zero-order chi connectivity index (χ0) is 11.3. The minimum absolute atomic E-state index is 0.233. The molecule has 2 aliphatic heterocycles. The van der Waals surface area contributed by atoms with Gasteiger partial charge in [-0.1, -0.05) is 0 Å². The summed E-state index contributed by atoms with van der Waals surface area (Å²) in [4.78, 5) is 0. The van der Waals surface area contributed by atoms with E-state index in [1.807, 2.05) is 11.8 Å². The molecule has 2 heterocycles. The van der Waals surface area contributed by atoms with Crippen molar-refractivity contribution in [2.75, 3.05) is 44.9 Å². The molecule has 4 heteroatoms. The SMILES string of the molecule is COCCNCC1CCOC2(CCSC2)C1. The lowest BCUT2D eigenvalue weighted by molar-refractivity contribution is -0.0789. The van der Waals surface area contributed by atoms with Crippen molar-refractivity contribution < 1.29 is 9.47 Å². The average molecular weight is 245 g/mol. The number of nitrogens with one attached hydrogen (secondary N) is 1. The summed E-state index contributed by atoms with van der Waals surface area (Å²) in [6.45, 7) is 3.86. The van der Waals surface area contributed by atoms with Crippen LogP contribution in [0.15, 0.2) is 0 Å². The van der Waals surface area contributed by atoms with Gasteiger partial charge in [0, 0.05) is 26.0 Å². The van der Waals surface area contributed by atoms with Crippen LogP contribution in [0.2, 0.25) is 0 Å². The zero-order valence-corrected chi connectivity index (χ0v) is 11.0. The maximum absolute atomic E-state index is 6.01. The second-order valence-corrected chi connectivity index (χ2v) is 5.99. The van der Waals surface area contributed by atoms with Crippen LogP contribution in [-0.4, -0.2) is 50.5 Å². The van der Waals surface area contributed by atoms with Gasteiger partial charge in [-0.05, 0) is 37.5 Å². The van der Waals surface area contributed by atoms with Crippen LogP contribution in [0.4, 0.5) is 0 Å². The van der Waals surface area contributed by atoms with E-state index < -0.39 is 0 Å². The molecule has 0 aromatic rings. The first-order chi connectivity index (χ1) is 7.85. The standard InChI is InChI=1S/C12H23NO2S/c1-14-6-4-13-9-11-2-5-15-12(8-11)3-7-16-10-12/h11,13H,2-10H2,1H3. The molecular weight excluding hydrogens is 222 g/mol. The van der Waals surface area contributed by atoms with Crippen LogP contribution in [0, 0.1) is 5.92 Å². The minimum Gasteiger partial charge on any atom is -0.383 e. The number of hydrogen-bond donors (Lipinski definition) is 1. The molecule has 2 fully saturated rings. The topological polar surface area (TPSA) is 30.5 Å². The number of hydrogen-bond acceptors (Lipinski definition) is 4. The van der Waals surface area contributed by atoms with Crippen LogP contribution < -0.4 is 5.32 Å². The van der Waals surface area contributed by atoms with Gasteiger partial charge in [-0.25, -0.2) is 0 Å². The molecule has 2 aliphatic rings. The number of thioether (sulfide) groups is 1. The van der Waals surface area contributed by atoms with Gasteiger partial charge in [0.2, 0.25) is 0 Å². The van der Waals surface area contributed by atoms with Gasteiger partial charge in [0.1, 0.15) is 0 Å². The van der Waals surface area contributed by atoms with Crippen molar-refractivity contribution in [1.29, 1.82) is 0 Å². The normalized spacial score (nSPS) is 34.7. The third-order valence-electron chi connectivity index (χ3n) is 3.58. The fourth-order valence-corrected chi connectivity index (χ4v) is 4.03. The Bertz CT molecular complexity index is 207. The molecule has 0 aromatic carbocycles. The Morgan fingerprint density at radius 1 is 1.56 bits per heavy atom. The molecule has 0 aliphatic carbocycles. The van der Waals surface area contributed by atoms with Crippen LogP contribution in [0.3, 0.4) is 0 Å². The molecule has 0 amide bonds. The van der Waals surface area contributed by atoms with Crippen LogP contribution >= 0.6 is 11.8 Å². The van der Waals surface area contributed by atoms with Gasteiger partial charge in [-0.15, -0.1) is 0 Å². The first-order valence-corrected chi connectivity index (χ1v) is 7.41. The summed E-state index contributed by atoms with van der Waals surface area (Å²) in [7, 11) is 1.75. The Hall–Kier alpha value is 0.230. The van der Waals surface area contributed by atoms with Crippen molar-refractivity contribution in [2.24, 2.45) is 5.92 Å². The molecule has 3 nitrogen and oxygen atoms in total. The molecule has 0 aromatic heterocycles. The Kier molecular flexibility index (Phi) is 4.95. The van der Waals surface area contributed by atoms with E-state index >= 15 is 0 Å². The van der Waals surface area contributed by atoms with E-state index in [2.05, 4.69) is 5.32 Å². The van der Waals surface area contributed by atoms with Crippen molar-refractivity contribution >= 4 is 11.8 Å². The largest absolute Gasteiger partial charge is 0.383 e. The van der Waals surface area contributed by atoms with E-state index in [0.29, 0.717) is 0 Å². The predicted molar refractivity (Wildman–Crippen MR) is 68.1 cm³/mol. The molecular formula is C12H23NO2S. The molecule has 94 valence electrons. The van der Waals surface area contributed by atoms with Crippen molar-refractivity contribution in [2.45, 2.75) is 24.9 Å². The summed E-state index contributed by atoms with van der Waals surface area (Å²) < 4.78 is 11.0. The maximum Gasteiger partial charge on any atom is 0.0783 e. The van der Waals surface area contributed by atoms with Gasteiger partial charge in [0.15, 0.2) is 0 Å². The van der Waals surface area contributed by atoms with E-state index in [0.717, 1.165) is 32.2 Å². The van der Waals surface area contributed by atoms with Gasteiger partial charge in [0.05, 0.1) is 12.2 Å². The van der Waals surface area contributed by atoms with E-state index in [4.69, 9.17) is 9.47 Å². The van der Waals surface area contributed by atoms with Gasteiger partial charge < -0.3 is 14.8 Å². The van der Waals surface area contributed by atoms with E-state index in [-0.39, 0.29) is 5.60 Å². The van der Waals surface area contributed by atoms with Crippen LogP contribution in [0.5, 0.6) is 0 Å². The summed E-state index contributed by atoms with van der Waals surface area (Å²) in [5.74, 6) is 3.29. The molecule has 0 saturated carbocycles. The summed E-state index contributed by atoms with van der Waals surface area (Å²) >= 11 is 2.05. The van der Waals surface area contributed by atoms with Gasteiger partial charge in [-0.3, -0.25) is 0 Å². The third kappa shape index (κ3) is 3.36. The zero-order valence-electron chi connectivity index (χ0n) is 10.2. The molecule has 2 unspecified atom stereocenters. The molecule has 0 radical (unpaired) electrons. The quantitative estimate of drug-likeness (QED) is 0.744. The van der Waals surface area contributed by atoms with Crippen molar-refractivity contribution in [3.63, 3.8) is 0 Å². The molecule has 16 heavy (non-hydrogen) atoms. The fraction of sp³-hybridized carbons (Fsp3) is 1.00. The lowest BCUT2D eigenvalue weighted by Gasteiger charge is -2.37. The number of methoxy groups -OCH3 is 1. The monoisotopic (exact) mass is 245 g/mol. The number of rotatable bonds is 5. The Labute approximate surface area is 103 Å². The summed E-state index contributed by atoms with van der Waals surface area (Å²) in [6.07, 6.45) is 3.72. The molecule has 2 saturated heterocycles. The lowest BCUT2D eigenvalue weighted by Crippen LogP contribution is -2.42. The van der Waals surface area contributed by atoms with Crippen molar-refractivity contribution in [3.05, 3.63) is 0 Å². The molecule has 1 N–H and O–H groups in total. The van der Waals surface area contributed by atoms with Crippen LogP contribution in [0.1, 0.15) is 19.3 Å². The van der Waals surface area contributed by atoms with Crippen molar-refractivity contribution in [1.82, 2.24) is 5.32 Å². The second kappa shape index (κ2) is 6.24. The Morgan fingerprint density at radius 2 is 2.50 bits per heavy atom. The van der Waals surface area contributed by atoms with Gasteiger partial charge in [-0.2, -0.15) is 11.8 Å². The minimum atomic E-state index is 0.233. The highest BCUT2D eigenvalue weighted by atomic mass is 32.2. The Balaban J connectivity index is 1.70. The van der Waals surface area contributed by atoms with E-state index in [1.54, 1.807) is 7.11 Å². The van der Waals surface area contributed by atoms with Crippen LogP contribution in [-0.2, 0) is 9.47 Å².